The van der Waals surface area contributed by atoms with E-state index in [9.17, 15) is 15.0 Å². The molecule has 1 amide bonds. The highest BCUT2D eigenvalue weighted by Gasteiger charge is 2.10. The van der Waals surface area contributed by atoms with E-state index < -0.39 is 0 Å². The maximum absolute atomic E-state index is 11.7. The van der Waals surface area contributed by atoms with Crippen LogP contribution in [0.4, 0.5) is 0 Å². The minimum atomic E-state index is -0.352. The van der Waals surface area contributed by atoms with E-state index >= 15 is 0 Å². The van der Waals surface area contributed by atoms with Crippen molar-refractivity contribution in [1.82, 2.24) is 5.32 Å². The van der Waals surface area contributed by atoms with E-state index in [1.54, 1.807) is 31.2 Å². The Hall–Kier alpha value is -1.55. The zero-order valence-corrected chi connectivity index (χ0v) is 10.9. The molecular formula is C14H21NO3. The number of nitrogens with one attached hydrogen (secondary N) is 1. The summed E-state index contributed by atoms with van der Waals surface area (Å²) in [6, 6.07) is 6.81. The fourth-order valence-corrected chi connectivity index (χ4v) is 1.85. The van der Waals surface area contributed by atoms with Crippen LogP contribution < -0.4 is 5.32 Å². The molecule has 0 saturated carbocycles. The van der Waals surface area contributed by atoms with Crippen LogP contribution in [-0.2, 0) is 11.2 Å². The second kappa shape index (κ2) is 7.01. The van der Waals surface area contributed by atoms with E-state index in [-0.39, 0.29) is 30.1 Å². The highest BCUT2D eigenvalue weighted by Crippen LogP contribution is 2.15. The summed E-state index contributed by atoms with van der Waals surface area (Å²) < 4.78 is 0. The summed E-state index contributed by atoms with van der Waals surface area (Å²) in [7, 11) is 0. The molecule has 0 heterocycles. The Morgan fingerprint density at radius 3 is 2.61 bits per heavy atom. The van der Waals surface area contributed by atoms with E-state index in [1.807, 2.05) is 6.92 Å². The Labute approximate surface area is 108 Å². The van der Waals surface area contributed by atoms with Crippen LogP contribution in [-0.4, -0.2) is 28.8 Å². The summed E-state index contributed by atoms with van der Waals surface area (Å²) in [6.07, 6.45) is 0.486. The number of para-hydroxylation sites is 1. The largest absolute Gasteiger partial charge is 0.508 e. The monoisotopic (exact) mass is 251 g/mol. The molecule has 0 bridgehead atoms. The van der Waals surface area contributed by atoms with Crippen molar-refractivity contribution in [2.75, 3.05) is 6.54 Å². The van der Waals surface area contributed by atoms with Gasteiger partial charge in [0.25, 0.3) is 0 Å². The number of phenols is 1. The van der Waals surface area contributed by atoms with Crippen LogP contribution in [0.15, 0.2) is 24.3 Å². The number of hydrogen-bond acceptors (Lipinski definition) is 3. The van der Waals surface area contributed by atoms with E-state index in [4.69, 9.17) is 0 Å². The van der Waals surface area contributed by atoms with Crippen molar-refractivity contribution in [3.05, 3.63) is 29.8 Å². The molecule has 0 radical (unpaired) electrons. The molecule has 4 heteroatoms. The maximum Gasteiger partial charge on any atom is 0.224 e. The second-order valence-electron chi connectivity index (χ2n) is 4.80. The van der Waals surface area contributed by atoms with Gasteiger partial charge in [-0.1, -0.05) is 25.1 Å². The summed E-state index contributed by atoms with van der Waals surface area (Å²) >= 11 is 0. The van der Waals surface area contributed by atoms with Gasteiger partial charge in [-0.05, 0) is 25.3 Å². The number of amides is 1. The van der Waals surface area contributed by atoms with Gasteiger partial charge in [0.15, 0.2) is 0 Å². The van der Waals surface area contributed by atoms with Crippen LogP contribution in [0.3, 0.4) is 0 Å². The van der Waals surface area contributed by atoms with E-state index in [0.717, 1.165) is 0 Å². The predicted octanol–water partition coefficient (Wildman–Crippen LogP) is 1.46. The summed E-state index contributed by atoms with van der Waals surface area (Å²) in [6.45, 7) is 4.25. The molecule has 0 saturated heterocycles. The molecule has 1 rings (SSSR count). The zero-order chi connectivity index (χ0) is 13.5. The molecule has 0 unspecified atom stereocenters. The zero-order valence-electron chi connectivity index (χ0n) is 10.9. The quantitative estimate of drug-likeness (QED) is 0.717. The Morgan fingerprint density at radius 1 is 1.33 bits per heavy atom. The Bertz CT molecular complexity index is 390. The van der Waals surface area contributed by atoms with Crippen molar-refractivity contribution in [3.8, 4) is 5.75 Å². The van der Waals surface area contributed by atoms with Crippen molar-refractivity contribution in [3.63, 3.8) is 0 Å². The Morgan fingerprint density at radius 2 is 2.00 bits per heavy atom. The lowest BCUT2D eigenvalue weighted by Gasteiger charge is -2.14. The molecular weight excluding hydrogens is 230 g/mol. The van der Waals surface area contributed by atoms with Gasteiger partial charge in [0.05, 0.1) is 12.5 Å². The molecule has 2 atom stereocenters. The van der Waals surface area contributed by atoms with Crippen molar-refractivity contribution < 1.29 is 15.0 Å². The highest BCUT2D eigenvalue weighted by molar-refractivity contribution is 5.79. The van der Waals surface area contributed by atoms with Gasteiger partial charge in [-0.25, -0.2) is 0 Å². The number of aliphatic hydroxyl groups excluding tert-OH is 1. The van der Waals surface area contributed by atoms with Crippen LogP contribution in [0.1, 0.15) is 25.8 Å². The first-order valence-corrected chi connectivity index (χ1v) is 6.20. The number of benzene rings is 1. The Balaban J connectivity index is 2.36. The minimum absolute atomic E-state index is 0.117. The second-order valence-corrected chi connectivity index (χ2v) is 4.80. The minimum Gasteiger partial charge on any atom is -0.508 e. The number of phenolic OH excluding ortho intramolecular Hbond substituents is 1. The van der Waals surface area contributed by atoms with Crippen LogP contribution in [0, 0.1) is 5.92 Å². The van der Waals surface area contributed by atoms with E-state index in [1.165, 1.54) is 0 Å². The fourth-order valence-electron chi connectivity index (χ4n) is 1.85. The lowest BCUT2D eigenvalue weighted by molar-refractivity contribution is -0.120. The summed E-state index contributed by atoms with van der Waals surface area (Å²) in [5.74, 6) is 0.261. The van der Waals surface area contributed by atoms with Crippen LogP contribution in [0.2, 0.25) is 0 Å². The Kier molecular flexibility index (Phi) is 5.65. The third-order valence-corrected chi connectivity index (χ3v) is 2.73. The van der Waals surface area contributed by atoms with Gasteiger partial charge < -0.3 is 15.5 Å². The molecule has 4 nitrogen and oxygen atoms in total. The molecule has 0 spiro atoms. The van der Waals surface area contributed by atoms with Crippen molar-refractivity contribution in [2.24, 2.45) is 5.92 Å². The molecule has 1 aromatic rings. The highest BCUT2D eigenvalue weighted by atomic mass is 16.3. The SMILES string of the molecule is C[C@H](CNC(=O)Cc1ccccc1O)C[C@@H](C)O. The molecule has 1 aromatic carbocycles. The molecule has 0 aliphatic carbocycles. The van der Waals surface area contributed by atoms with Gasteiger partial charge in [0, 0.05) is 12.1 Å². The van der Waals surface area contributed by atoms with E-state index in [2.05, 4.69) is 5.32 Å². The number of aliphatic hydroxyl groups is 1. The van der Waals surface area contributed by atoms with Gasteiger partial charge >= 0.3 is 0 Å². The van der Waals surface area contributed by atoms with Crippen LogP contribution in [0.25, 0.3) is 0 Å². The smallest absolute Gasteiger partial charge is 0.224 e. The van der Waals surface area contributed by atoms with Crippen LogP contribution in [0.5, 0.6) is 5.75 Å². The van der Waals surface area contributed by atoms with E-state index in [0.29, 0.717) is 18.5 Å². The van der Waals surface area contributed by atoms with Gasteiger partial charge in [-0.3, -0.25) is 4.79 Å². The molecule has 18 heavy (non-hydrogen) atoms. The number of hydrogen-bond donors (Lipinski definition) is 3. The normalized spacial score (nSPS) is 13.9. The average Bonchev–Trinajstić information content (AvgIpc) is 2.29. The molecule has 3 N–H and O–H groups in total. The maximum atomic E-state index is 11.7. The topological polar surface area (TPSA) is 69.6 Å². The summed E-state index contributed by atoms with van der Waals surface area (Å²) in [5, 5.41) is 21.6. The average molecular weight is 251 g/mol. The standard InChI is InChI=1S/C14H21NO3/c1-10(7-11(2)16)9-15-14(18)8-12-5-3-4-6-13(12)17/h3-6,10-11,16-17H,7-9H2,1-2H3,(H,15,18)/t10-,11+/m0/s1. The molecule has 0 fully saturated rings. The van der Waals surface area contributed by atoms with Crippen molar-refractivity contribution in [2.45, 2.75) is 32.8 Å². The van der Waals surface area contributed by atoms with Gasteiger partial charge in [0.1, 0.15) is 5.75 Å². The fraction of sp³-hybridized carbons (Fsp3) is 0.500. The number of aromatic hydroxyl groups is 1. The molecule has 100 valence electrons. The van der Waals surface area contributed by atoms with Gasteiger partial charge in [0.2, 0.25) is 5.91 Å². The first-order valence-electron chi connectivity index (χ1n) is 6.20. The molecule has 0 aliphatic rings. The lowest BCUT2D eigenvalue weighted by atomic mass is 10.0. The first-order chi connectivity index (χ1) is 8.49. The van der Waals surface area contributed by atoms with Crippen LogP contribution >= 0.6 is 0 Å². The molecule has 0 aromatic heterocycles. The van der Waals surface area contributed by atoms with Gasteiger partial charge in [-0.2, -0.15) is 0 Å². The number of rotatable bonds is 6. The van der Waals surface area contributed by atoms with Crippen molar-refractivity contribution in [1.29, 1.82) is 0 Å². The predicted molar refractivity (Wildman–Crippen MR) is 70.3 cm³/mol. The lowest BCUT2D eigenvalue weighted by Crippen LogP contribution is -2.30. The van der Waals surface area contributed by atoms with Crippen molar-refractivity contribution >= 4 is 5.91 Å². The third kappa shape index (κ3) is 5.19. The number of carbonyl (C=O) groups is 1. The first kappa shape index (κ1) is 14.5. The summed E-state index contributed by atoms with van der Waals surface area (Å²) in [4.78, 5) is 11.7. The third-order valence-electron chi connectivity index (χ3n) is 2.73. The molecule has 0 aliphatic heterocycles. The summed E-state index contributed by atoms with van der Waals surface area (Å²) in [5.41, 5.74) is 0.623. The van der Waals surface area contributed by atoms with Gasteiger partial charge in [-0.15, -0.1) is 0 Å². The number of carbonyl (C=O) groups excluding carboxylic acids is 1.